The van der Waals surface area contributed by atoms with E-state index in [2.05, 4.69) is 69.2 Å². The van der Waals surface area contributed by atoms with E-state index in [1.54, 1.807) is 0 Å². The molecule has 0 radical (unpaired) electrons. The second kappa shape index (κ2) is 7.15. The number of allylic oxidation sites excluding steroid dienone is 1. The minimum absolute atomic E-state index is 0.00274. The normalized spacial score (nSPS) is 28.8. The Bertz CT molecular complexity index is 515. The molecule has 1 rings (SSSR count). The summed E-state index contributed by atoms with van der Waals surface area (Å²) in [4.78, 5) is 0. The van der Waals surface area contributed by atoms with Crippen molar-refractivity contribution in [2.24, 2.45) is 33.5 Å². The predicted molar refractivity (Wildman–Crippen MR) is 113 cm³/mol. The van der Waals surface area contributed by atoms with E-state index >= 15 is 0 Å². The topological polar surface area (TPSA) is 40.5 Å². The highest BCUT2D eigenvalue weighted by Crippen LogP contribution is 2.54. The van der Waals surface area contributed by atoms with E-state index in [0.29, 0.717) is 12.2 Å². The third kappa shape index (κ3) is 5.75. The minimum Gasteiger partial charge on any atom is -0.512 e. The van der Waals surface area contributed by atoms with Gasteiger partial charge in [0, 0.05) is 11.8 Å². The van der Waals surface area contributed by atoms with Gasteiger partial charge in [-0.2, -0.15) is 0 Å². The van der Waals surface area contributed by atoms with Crippen LogP contribution in [0.15, 0.2) is 11.8 Å². The van der Waals surface area contributed by atoms with Crippen molar-refractivity contribution in [3.05, 3.63) is 11.8 Å². The smallest absolute Gasteiger partial charge is 0.0924 e. The largest absolute Gasteiger partial charge is 0.512 e. The van der Waals surface area contributed by atoms with Gasteiger partial charge in [0.25, 0.3) is 0 Å². The van der Waals surface area contributed by atoms with Crippen LogP contribution in [-0.4, -0.2) is 15.8 Å². The molecule has 0 saturated carbocycles. The molecule has 0 aromatic carbocycles. The zero-order valence-electron chi connectivity index (χ0n) is 19.5. The van der Waals surface area contributed by atoms with Gasteiger partial charge in [-0.3, -0.25) is 0 Å². The van der Waals surface area contributed by atoms with E-state index in [1.807, 2.05) is 13.0 Å². The van der Waals surface area contributed by atoms with Gasteiger partial charge in [-0.1, -0.05) is 75.7 Å². The van der Waals surface area contributed by atoms with Gasteiger partial charge in [0.2, 0.25) is 0 Å². The Morgan fingerprint density at radius 3 is 1.88 bits per heavy atom. The molecular weight excluding hydrogens is 320 g/mol. The van der Waals surface area contributed by atoms with Crippen LogP contribution in [-0.2, 0) is 0 Å². The zero-order chi connectivity index (χ0) is 20.8. The van der Waals surface area contributed by atoms with Crippen molar-refractivity contribution in [3.63, 3.8) is 0 Å². The van der Waals surface area contributed by atoms with Crippen molar-refractivity contribution in [3.8, 4) is 0 Å². The zero-order valence-corrected chi connectivity index (χ0v) is 19.5. The first-order valence-electron chi connectivity index (χ1n) is 10.5. The maximum atomic E-state index is 11.4. The summed E-state index contributed by atoms with van der Waals surface area (Å²) >= 11 is 0. The average molecular weight is 367 g/mol. The van der Waals surface area contributed by atoms with Crippen LogP contribution in [0.25, 0.3) is 0 Å². The van der Waals surface area contributed by atoms with Crippen LogP contribution in [0, 0.1) is 33.5 Å². The summed E-state index contributed by atoms with van der Waals surface area (Å²) in [5, 5.41) is 22.4. The van der Waals surface area contributed by atoms with E-state index in [9.17, 15) is 10.2 Å². The van der Waals surface area contributed by atoms with Gasteiger partial charge in [-0.05, 0) is 53.9 Å². The summed E-state index contributed by atoms with van der Waals surface area (Å²) in [7, 11) is 0. The lowest BCUT2D eigenvalue weighted by Gasteiger charge is -2.51. The van der Waals surface area contributed by atoms with E-state index in [4.69, 9.17) is 0 Å². The summed E-state index contributed by atoms with van der Waals surface area (Å²) in [5.41, 5.74) is -0.515. The van der Waals surface area contributed by atoms with Crippen molar-refractivity contribution < 1.29 is 10.2 Å². The first kappa shape index (κ1) is 23.5. The molecule has 2 N–H and O–H groups in total. The Morgan fingerprint density at radius 2 is 1.46 bits per heavy atom. The summed E-state index contributed by atoms with van der Waals surface area (Å²) < 4.78 is 0. The fourth-order valence-corrected chi connectivity index (χ4v) is 5.81. The lowest BCUT2D eigenvalue weighted by atomic mass is 9.56. The highest BCUT2D eigenvalue weighted by Gasteiger charge is 2.50. The highest BCUT2D eigenvalue weighted by molar-refractivity contribution is 5.18. The van der Waals surface area contributed by atoms with Crippen molar-refractivity contribution in [2.75, 3.05) is 0 Å². The molecule has 2 nitrogen and oxygen atoms in total. The molecule has 1 aliphatic rings. The quantitative estimate of drug-likeness (QED) is 0.525. The molecule has 0 bridgehead atoms. The van der Waals surface area contributed by atoms with E-state index in [1.165, 1.54) is 0 Å². The first-order chi connectivity index (χ1) is 11.3. The van der Waals surface area contributed by atoms with Crippen LogP contribution in [0.1, 0.15) is 102 Å². The molecular formula is C24H46O2. The average Bonchev–Trinajstić information content (AvgIpc) is 2.36. The Kier molecular flexibility index (Phi) is 6.47. The van der Waals surface area contributed by atoms with Crippen molar-refractivity contribution in [1.29, 1.82) is 0 Å². The number of hydrogen-bond acceptors (Lipinski definition) is 2. The fraction of sp³-hybridized carbons (Fsp3) is 0.917. The monoisotopic (exact) mass is 366 g/mol. The SMILES string of the molecule is CCC(C)(C)CC(C)(C)C1C=C(O)C(C(C)(C)CC(C)(C)C)CC1(C)O. The summed E-state index contributed by atoms with van der Waals surface area (Å²) in [6.07, 6.45) is 5.76. The van der Waals surface area contributed by atoms with Crippen LogP contribution in [0.2, 0.25) is 0 Å². The molecule has 0 aromatic rings. The minimum atomic E-state index is -0.806. The van der Waals surface area contributed by atoms with E-state index in [0.717, 1.165) is 19.3 Å². The number of aliphatic hydroxyl groups is 2. The first-order valence-corrected chi connectivity index (χ1v) is 10.5. The van der Waals surface area contributed by atoms with Gasteiger partial charge in [-0.15, -0.1) is 0 Å². The van der Waals surface area contributed by atoms with Gasteiger partial charge in [0.05, 0.1) is 11.4 Å². The van der Waals surface area contributed by atoms with Gasteiger partial charge >= 0.3 is 0 Å². The molecule has 2 heteroatoms. The second-order valence-corrected chi connectivity index (χ2v) is 12.6. The molecule has 0 heterocycles. The van der Waals surface area contributed by atoms with Crippen LogP contribution in [0.5, 0.6) is 0 Å². The van der Waals surface area contributed by atoms with Crippen LogP contribution in [0.4, 0.5) is 0 Å². The molecule has 0 fully saturated rings. The molecule has 3 unspecified atom stereocenters. The summed E-state index contributed by atoms with van der Waals surface area (Å²) in [5.74, 6) is 0.448. The molecule has 0 saturated heterocycles. The Labute approximate surface area is 163 Å². The van der Waals surface area contributed by atoms with Gasteiger partial charge in [0.15, 0.2) is 0 Å². The Hall–Kier alpha value is -0.500. The number of hydrogen-bond donors (Lipinski definition) is 2. The summed E-state index contributed by atoms with van der Waals surface area (Å²) in [6.45, 7) is 24.5. The van der Waals surface area contributed by atoms with E-state index in [-0.39, 0.29) is 33.5 Å². The maximum Gasteiger partial charge on any atom is 0.0924 e. The second-order valence-electron chi connectivity index (χ2n) is 12.6. The molecule has 26 heavy (non-hydrogen) atoms. The number of aliphatic hydroxyl groups excluding tert-OH is 1. The standard InChI is InChI=1S/C24H46O2/c1-12-21(5,6)16-23(9,10)19-13-18(25)17(14-24(19,11)26)22(7,8)15-20(2,3)4/h13,17,19,25-26H,12,14-16H2,1-11H3. The molecule has 0 amide bonds. The fourth-order valence-electron chi connectivity index (χ4n) is 5.81. The third-order valence-electron chi connectivity index (χ3n) is 6.64. The lowest BCUT2D eigenvalue weighted by molar-refractivity contribution is -0.0850. The molecule has 0 aliphatic heterocycles. The van der Waals surface area contributed by atoms with E-state index < -0.39 is 5.60 Å². The molecule has 0 spiro atoms. The van der Waals surface area contributed by atoms with Gasteiger partial charge < -0.3 is 10.2 Å². The summed E-state index contributed by atoms with van der Waals surface area (Å²) in [6, 6.07) is 0. The Balaban J connectivity index is 3.20. The van der Waals surface area contributed by atoms with Crippen molar-refractivity contribution >= 4 is 0 Å². The van der Waals surface area contributed by atoms with Gasteiger partial charge in [0.1, 0.15) is 0 Å². The van der Waals surface area contributed by atoms with Crippen LogP contribution < -0.4 is 0 Å². The highest BCUT2D eigenvalue weighted by atomic mass is 16.3. The molecule has 3 atom stereocenters. The predicted octanol–water partition coefficient (Wildman–Crippen LogP) is 7.13. The maximum absolute atomic E-state index is 11.4. The molecule has 1 aliphatic carbocycles. The Morgan fingerprint density at radius 1 is 0.962 bits per heavy atom. The van der Waals surface area contributed by atoms with Gasteiger partial charge in [-0.25, -0.2) is 0 Å². The molecule has 0 aromatic heterocycles. The lowest BCUT2D eigenvalue weighted by Crippen LogP contribution is -2.50. The van der Waals surface area contributed by atoms with Crippen LogP contribution >= 0.6 is 0 Å². The van der Waals surface area contributed by atoms with Crippen LogP contribution in [0.3, 0.4) is 0 Å². The molecule has 154 valence electrons. The van der Waals surface area contributed by atoms with Crippen molar-refractivity contribution in [1.82, 2.24) is 0 Å². The van der Waals surface area contributed by atoms with Crippen molar-refractivity contribution in [2.45, 2.75) is 107 Å². The number of rotatable bonds is 6. The third-order valence-corrected chi connectivity index (χ3v) is 6.64.